The molecule has 2 N–H and O–H groups in total. The highest BCUT2D eigenvalue weighted by Crippen LogP contribution is 2.25. The Kier molecular flexibility index (Phi) is 3.73. The lowest BCUT2D eigenvalue weighted by Crippen LogP contribution is -2.47. The van der Waals surface area contributed by atoms with Crippen LogP contribution in [0, 0.1) is 0 Å². The number of amides is 2. The number of carbonyl (C=O) groups excluding carboxylic acids is 1. The maximum Gasteiger partial charge on any atom is 0.331 e. The molecule has 2 amide bonds. The summed E-state index contributed by atoms with van der Waals surface area (Å²) in [5.74, 6) is 0. The number of benzene rings is 1. The van der Waals surface area contributed by atoms with E-state index in [1.54, 1.807) is 12.1 Å². The van der Waals surface area contributed by atoms with Crippen molar-refractivity contribution in [1.29, 1.82) is 0 Å². The van der Waals surface area contributed by atoms with Crippen molar-refractivity contribution in [2.24, 2.45) is 0 Å². The Morgan fingerprint density at radius 3 is 2.81 bits per heavy atom. The lowest BCUT2D eigenvalue weighted by atomic mass is 10.2. The average Bonchev–Trinajstić information content (AvgIpc) is 2.95. The SMILES string of the molecule is O=C(NS(=O)(=O)c1ccc2c(c1)CCN2)N1CCOCC1. The number of hydrogen-bond acceptors (Lipinski definition) is 5. The molecule has 21 heavy (non-hydrogen) atoms. The molecule has 0 aromatic heterocycles. The van der Waals surface area contributed by atoms with Crippen molar-refractivity contribution in [3.63, 3.8) is 0 Å². The van der Waals surface area contributed by atoms with Crippen molar-refractivity contribution in [3.8, 4) is 0 Å². The number of rotatable bonds is 2. The Morgan fingerprint density at radius 1 is 1.29 bits per heavy atom. The molecule has 0 saturated carbocycles. The molecule has 2 heterocycles. The number of anilines is 1. The van der Waals surface area contributed by atoms with Crippen LogP contribution >= 0.6 is 0 Å². The minimum atomic E-state index is -3.84. The molecule has 114 valence electrons. The van der Waals surface area contributed by atoms with Crippen LogP contribution < -0.4 is 10.0 Å². The summed E-state index contributed by atoms with van der Waals surface area (Å²) in [6, 6.07) is 4.25. The first-order valence-electron chi connectivity index (χ1n) is 6.82. The number of ether oxygens (including phenoxy) is 1. The van der Waals surface area contributed by atoms with Gasteiger partial charge in [0.15, 0.2) is 0 Å². The summed E-state index contributed by atoms with van der Waals surface area (Å²) in [5.41, 5.74) is 1.91. The van der Waals surface area contributed by atoms with E-state index in [4.69, 9.17) is 4.74 Å². The molecule has 0 spiro atoms. The van der Waals surface area contributed by atoms with Crippen molar-refractivity contribution in [3.05, 3.63) is 23.8 Å². The highest BCUT2D eigenvalue weighted by molar-refractivity contribution is 7.90. The standard InChI is InChI=1S/C13H17N3O4S/c17-13(16-5-7-20-8-6-16)15-21(18,19)11-1-2-12-10(9-11)3-4-14-12/h1-2,9,14H,3-8H2,(H,15,17). The van der Waals surface area contributed by atoms with E-state index < -0.39 is 16.1 Å². The van der Waals surface area contributed by atoms with Crippen LogP contribution in [0.4, 0.5) is 10.5 Å². The molecule has 2 aliphatic rings. The third-order valence-electron chi connectivity index (χ3n) is 3.62. The second-order valence-electron chi connectivity index (χ2n) is 5.01. The average molecular weight is 311 g/mol. The summed E-state index contributed by atoms with van der Waals surface area (Å²) < 4.78 is 31.8. The van der Waals surface area contributed by atoms with Crippen LogP contribution in [0.3, 0.4) is 0 Å². The summed E-state index contributed by atoms with van der Waals surface area (Å²) in [6.45, 7) is 2.46. The maximum atomic E-state index is 12.3. The molecule has 0 atom stereocenters. The molecule has 0 bridgehead atoms. The molecule has 0 unspecified atom stereocenters. The van der Waals surface area contributed by atoms with Crippen LogP contribution in [-0.4, -0.2) is 52.2 Å². The van der Waals surface area contributed by atoms with Gasteiger partial charge in [0.1, 0.15) is 0 Å². The van der Waals surface area contributed by atoms with Gasteiger partial charge in [0, 0.05) is 25.3 Å². The van der Waals surface area contributed by atoms with Crippen LogP contribution in [0.25, 0.3) is 0 Å². The molecular weight excluding hydrogens is 294 g/mol. The molecule has 1 fully saturated rings. The van der Waals surface area contributed by atoms with E-state index in [-0.39, 0.29) is 4.90 Å². The predicted molar refractivity (Wildman–Crippen MR) is 76.7 cm³/mol. The summed E-state index contributed by atoms with van der Waals surface area (Å²) in [7, 11) is -3.84. The molecule has 0 aliphatic carbocycles. The normalized spacial score (nSPS) is 18.0. The molecule has 0 radical (unpaired) electrons. The lowest BCUT2D eigenvalue weighted by molar-refractivity contribution is 0.0545. The first kappa shape index (κ1) is 14.2. The number of nitrogens with one attached hydrogen (secondary N) is 2. The van der Waals surface area contributed by atoms with Crippen LogP contribution in [-0.2, 0) is 21.2 Å². The zero-order valence-corrected chi connectivity index (χ0v) is 12.3. The lowest BCUT2D eigenvalue weighted by Gasteiger charge is -2.26. The first-order valence-corrected chi connectivity index (χ1v) is 8.31. The van der Waals surface area contributed by atoms with Gasteiger partial charge in [0.2, 0.25) is 0 Å². The van der Waals surface area contributed by atoms with Crippen LogP contribution in [0.5, 0.6) is 0 Å². The van der Waals surface area contributed by atoms with Gasteiger partial charge in [-0.25, -0.2) is 17.9 Å². The molecule has 1 aromatic rings. The summed E-state index contributed by atoms with van der Waals surface area (Å²) in [5, 5.41) is 3.17. The Balaban J connectivity index is 1.75. The topological polar surface area (TPSA) is 87.7 Å². The van der Waals surface area contributed by atoms with E-state index in [2.05, 4.69) is 10.0 Å². The molecular formula is C13H17N3O4S. The second kappa shape index (κ2) is 5.53. The quantitative estimate of drug-likeness (QED) is 0.825. The van der Waals surface area contributed by atoms with Crippen molar-refractivity contribution < 1.29 is 17.9 Å². The van der Waals surface area contributed by atoms with Crippen molar-refractivity contribution in [2.75, 3.05) is 38.2 Å². The molecule has 3 rings (SSSR count). The number of morpholine rings is 1. The molecule has 8 heteroatoms. The number of sulfonamides is 1. The van der Waals surface area contributed by atoms with Gasteiger partial charge in [-0.1, -0.05) is 0 Å². The minimum Gasteiger partial charge on any atom is -0.384 e. The number of urea groups is 1. The smallest absolute Gasteiger partial charge is 0.331 e. The first-order chi connectivity index (χ1) is 10.1. The molecule has 1 aromatic carbocycles. The largest absolute Gasteiger partial charge is 0.384 e. The third-order valence-corrected chi connectivity index (χ3v) is 4.93. The van der Waals surface area contributed by atoms with E-state index in [0.29, 0.717) is 26.3 Å². The van der Waals surface area contributed by atoms with Gasteiger partial charge >= 0.3 is 6.03 Å². The number of nitrogens with zero attached hydrogens (tertiary/aromatic N) is 1. The Labute approximate surface area is 123 Å². The Bertz CT molecular complexity index is 653. The van der Waals surface area contributed by atoms with Crippen LogP contribution in [0.2, 0.25) is 0 Å². The number of hydrogen-bond donors (Lipinski definition) is 2. The van der Waals surface area contributed by atoms with E-state index >= 15 is 0 Å². The van der Waals surface area contributed by atoms with Crippen molar-refractivity contribution in [2.45, 2.75) is 11.3 Å². The molecule has 7 nitrogen and oxygen atoms in total. The zero-order chi connectivity index (χ0) is 14.9. The highest BCUT2D eigenvalue weighted by atomic mass is 32.2. The third kappa shape index (κ3) is 2.96. The van der Waals surface area contributed by atoms with E-state index in [0.717, 1.165) is 24.2 Å². The van der Waals surface area contributed by atoms with Crippen LogP contribution in [0.15, 0.2) is 23.1 Å². The summed E-state index contributed by atoms with van der Waals surface area (Å²) >= 11 is 0. The van der Waals surface area contributed by atoms with Gasteiger partial charge in [-0.2, -0.15) is 0 Å². The van der Waals surface area contributed by atoms with Gasteiger partial charge in [-0.3, -0.25) is 0 Å². The molecule has 1 saturated heterocycles. The Morgan fingerprint density at radius 2 is 2.05 bits per heavy atom. The number of carbonyl (C=O) groups is 1. The molecule has 2 aliphatic heterocycles. The monoisotopic (exact) mass is 311 g/mol. The predicted octanol–water partition coefficient (Wildman–Crippen LogP) is 0.385. The highest BCUT2D eigenvalue weighted by Gasteiger charge is 2.24. The Hall–Kier alpha value is -1.80. The minimum absolute atomic E-state index is 0.117. The van der Waals surface area contributed by atoms with Gasteiger partial charge in [0.05, 0.1) is 18.1 Å². The summed E-state index contributed by atoms with van der Waals surface area (Å²) in [6.07, 6.45) is 0.788. The fourth-order valence-corrected chi connectivity index (χ4v) is 3.47. The van der Waals surface area contributed by atoms with Crippen molar-refractivity contribution >= 4 is 21.7 Å². The fraction of sp³-hybridized carbons (Fsp3) is 0.462. The van der Waals surface area contributed by atoms with Gasteiger partial charge in [-0.05, 0) is 30.2 Å². The van der Waals surface area contributed by atoms with E-state index in [1.807, 2.05) is 0 Å². The maximum absolute atomic E-state index is 12.3. The van der Waals surface area contributed by atoms with Crippen molar-refractivity contribution in [1.82, 2.24) is 9.62 Å². The van der Waals surface area contributed by atoms with Gasteiger partial charge < -0.3 is 15.0 Å². The van der Waals surface area contributed by atoms with E-state index in [1.165, 1.54) is 11.0 Å². The van der Waals surface area contributed by atoms with Gasteiger partial charge in [-0.15, -0.1) is 0 Å². The zero-order valence-electron chi connectivity index (χ0n) is 11.5. The van der Waals surface area contributed by atoms with E-state index in [9.17, 15) is 13.2 Å². The summed E-state index contributed by atoms with van der Waals surface area (Å²) in [4.78, 5) is 13.5. The van der Waals surface area contributed by atoms with Crippen LogP contribution in [0.1, 0.15) is 5.56 Å². The second-order valence-corrected chi connectivity index (χ2v) is 6.69. The number of fused-ring (bicyclic) bond motifs is 1. The fourth-order valence-electron chi connectivity index (χ4n) is 2.45. The van der Waals surface area contributed by atoms with Gasteiger partial charge in [0.25, 0.3) is 10.0 Å².